The molecule has 1 atom stereocenters. The molecule has 0 fully saturated rings. The summed E-state index contributed by atoms with van der Waals surface area (Å²) in [6.07, 6.45) is 2.99. The van der Waals surface area contributed by atoms with Gasteiger partial charge in [-0.25, -0.2) is 13.7 Å². The number of hydrogen-bond donors (Lipinski definition) is 2. The van der Waals surface area contributed by atoms with Gasteiger partial charge >= 0.3 is 0 Å². The van der Waals surface area contributed by atoms with Gasteiger partial charge in [-0.15, -0.1) is 0 Å². The zero-order valence-electron chi connectivity index (χ0n) is 18.5. The van der Waals surface area contributed by atoms with Crippen LogP contribution in [0, 0.1) is 11.6 Å². The molecule has 0 spiro atoms. The Hall–Kier alpha value is -3.98. The number of nitrogens with zero attached hydrogens (tertiary/aromatic N) is 2. The van der Waals surface area contributed by atoms with Crippen molar-refractivity contribution in [1.82, 2.24) is 15.6 Å². The lowest BCUT2D eigenvalue weighted by Crippen LogP contribution is -2.51. The predicted octanol–water partition coefficient (Wildman–Crippen LogP) is 2.76. The van der Waals surface area contributed by atoms with Crippen molar-refractivity contribution in [3.8, 4) is 0 Å². The van der Waals surface area contributed by atoms with E-state index in [9.17, 15) is 23.2 Å². The summed E-state index contributed by atoms with van der Waals surface area (Å²) in [5.41, 5.74) is 1.36. The number of carbonyl (C=O) groups is 3. The fraction of sp³-hybridized carbons (Fsp3) is 0.200. The molecule has 3 aromatic rings. The van der Waals surface area contributed by atoms with Crippen molar-refractivity contribution in [2.45, 2.75) is 25.9 Å². The second kappa shape index (κ2) is 11.8. The Morgan fingerprint density at radius 2 is 1.68 bits per heavy atom. The molecule has 2 N–H and O–H groups in total. The first-order valence-corrected chi connectivity index (χ1v) is 10.6. The van der Waals surface area contributed by atoms with E-state index in [1.54, 1.807) is 48.8 Å². The third-order valence-corrected chi connectivity index (χ3v) is 4.85. The highest BCUT2D eigenvalue weighted by atomic mass is 19.1. The molecular formula is C25H24F2N4O3. The number of rotatable bonds is 9. The van der Waals surface area contributed by atoms with Gasteiger partial charge in [-0.1, -0.05) is 24.3 Å². The van der Waals surface area contributed by atoms with Crippen LogP contribution in [0.3, 0.4) is 0 Å². The standard InChI is InChI=1S/C25H24F2N4O3/c1-17(30-23(32)12-19-10-20(26)13-21(27)11-19)25(34)31(22-7-3-2-4-8-22)24(33)16-29-15-18-6-5-9-28-14-18/h2-11,13-14,17,29H,12,15-16H2,1H3,(H,30,32)/t17-/m0/s1. The smallest absolute Gasteiger partial charge is 0.256 e. The number of aromatic nitrogens is 1. The van der Waals surface area contributed by atoms with Gasteiger partial charge in [0, 0.05) is 25.0 Å². The first-order valence-electron chi connectivity index (χ1n) is 10.6. The number of pyridine rings is 1. The fourth-order valence-electron chi connectivity index (χ4n) is 3.31. The van der Waals surface area contributed by atoms with Crippen LogP contribution < -0.4 is 15.5 Å². The second-order valence-corrected chi connectivity index (χ2v) is 7.61. The molecule has 0 aliphatic rings. The molecule has 0 radical (unpaired) electrons. The normalized spacial score (nSPS) is 11.5. The zero-order valence-corrected chi connectivity index (χ0v) is 18.5. The Balaban J connectivity index is 1.66. The van der Waals surface area contributed by atoms with Crippen LogP contribution in [0.4, 0.5) is 14.5 Å². The van der Waals surface area contributed by atoms with Crippen molar-refractivity contribution in [2.24, 2.45) is 0 Å². The van der Waals surface area contributed by atoms with E-state index in [0.717, 1.165) is 22.6 Å². The maximum Gasteiger partial charge on any atom is 0.256 e. The molecule has 176 valence electrons. The number of para-hydroxylation sites is 1. The molecule has 2 aromatic carbocycles. The number of imide groups is 1. The number of nitrogens with one attached hydrogen (secondary N) is 2. The highest BCUT2D eigenvalue weighted by Crippen LogP contribution is 2.15. The molecule has 0 aliphatic carbocycles. The van der Waals surface area contributed by atoms with Crippen LogP contribution in [0.5, 0.6) is 0 Å². The molecule has 1 aromatic heterocycles. The molecule has 0 unspecified atom stereocenters. The Labute approximate surface area is 195 Å². The topological polar surface area (TPSA) is 91.4 Å². The molecule has 34 heavy (non-hydrogen) atoms. The van der Waals surface area contributed by atoms with E-state index >= 15 is 0 Å². The molecule has 0 saturated carbocycles. The van der Waals surface area contributed by atoms with Gasteiger partial charge in [0.1, 0.15) is 17.7 Å². The van der Waals surface area contributed by atoms with Crippen molar-refractivity contribution in [1.29, 1.82) is 0 Å². The summed E-state index contributed by atoms with van der Waals surface area (Å²) in [7, 11) is 0. The first-order chi connectivity index (χ1) is 16.3. The number of carbonyl (C=O) groups excluding carboxylic acids is 3. The number of benzene rings is 2. The van der Waals surface area contributed by atoms with Crippen LogP contribution in [-0.4, -0.2) is 35.3 Å². The Bertz CT molecular complexity index is 1120. The largest absolute Gasteiger partial charge is 0.344 e. The Morgan fingerprint density at radius 3 is 2.32 bits per heavy atom. The lowest BCUT2D eigenvalue weighted by molar-refractivity contribution is -0.130. The summed E-state index contributed by atoms with van der Waals surface area (Å²) < 4.78 is 26.8. The Morgan fingerprint density at radius 1 is 0.971 bits per heavy atom. The summed E-state index contributed by atoms with van der Waals surface area (Å²) in [6.45, 7) is 1.70. The SMILES string of the molecule is C[C@H](NC(=O)Cc1cc(F)cc(F)c1)C(=O)N(C(=O)CNCc1cccnc1)c1ccccc1. The molecule has 1 heterocycles. The predicted molar refractivity (Wildman–Crippen MR) is 123 cm³/mol. The molecule has 3 amide bonds. The molecule has 0 bridgehead atoms. The van der Waals surface area contributed by atoms with E-state index in [1.165, 1.54) is 6.92 Å². The lowest BCUT2D eigenvalue weighted by atomic mass is 10.1. The van der Waals surface area contributed by atoms with E-state index in [-0.39, 0.29) is 18.5 Å². The average Bonchev–Trinajstić information content (AvgIpc) is 2.79. The molecule has 3 rings (SSSR count). The van der Waals surface area contributed by atoms with Gasteiger partial charge in [0.2, 0.25) is 11.8 Å². The first kappa shape index (κ1) is 24.7. The molecule has 0 saturated heterocycles. The summed E-state index contributed by atoms with van der Waals surface area (Å²) in [5, 5.41) is 5.49. The minimum atomic E-state index is -1.06. The number of hydrogen-bond acceptors (Lipinski definition) is 5. The summed E-state index contributed by atoms with van der Waals surface area (Å²) >= 11 is 0. The van der Waals surface area contributed by atoms with Crippen LogP contribution in [0.25, 0.3) is 0 Å². The van der Waals surface area contributed by atoms with Gasteiger partial charge < -0.3 is 10.6 Å². The van der Waals surface area contributed by atoms with Gasteiger partial charge in [0.25, 0.3) is 5.91 Å². The van der Waals surface area contributed by atoms with Crippen LogP contribution in [0.2, 0.25) is 0 Å². The monoisotopic (exact) mass is 466 g/mol. The summed E-state index contributed by atoms with van der Waals surface area (Å²) in [5.74, 6) is -3.36. The van der Waals surface area contributed by atoms with E-state index in [4.69, 9.17) is 0 Å². The highest BCUT2D eigenvalue weighted by Gasteiger charge is 2.28. The molecule has 7 nitrogen and oxygen atoms in total. The molecular weight excluding hydrogens is 442 g/mol. The van der Waals surface area contributed by atoms with Crippen LogP contribution in [0.1, 0.15) is 18.1 Å². The third-order valence-electron chi connectivity index (χ3n) is 4.85. The third kappa shape index (κ3) is 7.01. The van der Waals surface area contributed by atoms with Crippen molar-refractivity contribution in [3.63, 3.8) is 0 Å². The summed E-state index contributed by atoms with van der Waals surface area (Å²) in [6, 6.07) is 13.7. The maximum atomic E-state index is 13.4. The van der Waals surface area contributed by atoms with Gasteiger partial charge in [-0.2, -0.15) is 0 Å². The number of amides is 3. The number of halogens is 2. The number of anilines is 1. The Kier molecular flexibility index (Phi) is 8.53. The summed E-state index contributed by atoms with van der Waals surface area (Å²) in [4.78, 5) is 43.5. The van der Waals surface area contributed by atoms with Crippen molar-refractivity contribution in [3.05, 3.63) is 95.8 Å². The molecule has 0 aliphatic heterocycles. The van der Waals surface area contributed by atoms with Crippen molar-refractivity contribution >= 4 is 23.4 Å². The lowest BCUT2D eigenvalue weighted by Gasteiger charge is -2.25. The second-order valence-electron chi connectivity index (χ2n) is 7.61. The van der Waals surface area contributed by atoms with Crippen molar-refractivity contribution < 1.29 is 23.2 Å². The van der Waals surface area contributed by atoms with Gasteiger partial charge in [0.05, 0.1) is 18.7 Å². The van der Waals surface area contributed by atoms with Gasteiger partial charge in [0.15, 0.2) is 0 Å². The fourth-order valence-corrected chi connectivity index (χ4v) is 3.31. The van der Waals surface area contributed by atoms with E-state index < -0.39 is 35.4 Å². The van der Waals surface area contributed by atoms with Gasteiger partial charge in [-0.3, -0.25) is 19.4 Å². The minimum absolute atomic E-state index is 0.126. The highest BCUT2D eigenvalue weighted by molar-refractivity contribution is 6.17. The average molecular weight is 466 g/mol. The van der Waals surface area contributed by atoms with Crippen LogP contribution >= 0.6 is 0 Å². The minimum Gasteiger partial charge on any atom is -0.344 e. The van der Waals surface area contributed by atoms with Crippen molar-refractivity contribution in [2.75, 3.05) is 11.4 Å². The van der Waals surface area contributed by atoms with Gasteiger partial charge in [-0.05, 0) is 48.4 Å². The van der Waals surface area contributed by atoms with Crippen LogP contribution in [0.15, 0.2) is 73.1 Å². The van der Waals surface area contributed by atoms with E-state index in [1.807, 2.05) is 6.07 Å². The quantitative estimate of drug-likeness (QED) is 0.506. The van der Waals surface area contributed by atoms with E-state index in [2.05, 4.69) is 15.6 Å². The molecule has 9 heteroatoms. The van der Waals surface area contributed by atoms with Crippen LogP contribution in [-0.2, 0) is 27.3 Å². The van der Waals surface area contributed by atoms with E-state index in [0.29, 0.717) is 18.3 Å². The maximum absolute atomic E-state index is 13.4. The zero-order chi connectivity index (χ0) is 24.5.